The molecule has 154 valence electrons. The quantitative estimate of drug-likeness (QED) is 0.496. The second kappa shape index (κ2) is 10.1. The van der Waals surface area contributed by atoms with Gasteiger partial charge in [0.1, 0.15) is 16.7 Å². The zero-order valence-corrected chi connectivity index (χ0v) is 18.6. The first-order valence-electron chi connectivity index (χ1n) is 8.75. The van der Waals surface area contributed by atoms with Gasteiger partial charge in [-0.2, -0.15) is 0 Å². The number of halogens is 3. The van der Waals surface area contributed by atoms with Gasteiger partial charge in [-0.15, -0.1) is 0 Å². The summed E-state index contributed by atoms with van der Waals surface area (Å²) in [4.78, 5) is 14.1. The van der Waals surface area contributed by atoms with E-state index in [-0.39, 0.29) is 29.3 Å². The highest BCUT2D eigenvalue weighted by atomic mass is 35.5. The Morgan fingerprint density at radius 2 is 1.93 bits per heavy atom. The molecule has 9 heteroatoms. The molecule has 1 fully saturated rings. The molecule has 2 aromatic carbocycles. The van der Waals surface area contributed by atoms with E-state index in [2.05, 4.69) is 0 Å². The van der Waals surface area contributed by atoms with Crippen LogP contribution in [0.3, 0.4) is 0 Å². The average molecular weight is 474 g/mol. The highest BCUT2D eigenvalue weighted by molar-refractivity contribution is 8.24. The molecule has 3 rings (SSSR count). The monoisotopic (exact) mass is 473 g/mol. The van der Waals surface area contributed by atoms with E-state index in [1.807, 2.05) is 0 Å². The highest BCUT2D eigenvalue weighted by Gasteiger charge is 2.36. The van der Waals surface area contributed by atoms with E-state index >= 15 is 0 Å². The summed E-state index contributed by atoms with van der Waals surface area (Å²) in [6.07, 6.45) is 0.431. The van der Waals surface area contributed by atoms with Gasteiger partial charge in [0.15, 0.2) is 5.75 Å². The van der Waals surface area contributed by atoms with Crippen LogP contribution in [0.1, 0.15) is 11.1 Å². The number of rotatable bonds is 8. The minimum atomic E-state index is -0.359. The van der Waals surface area contributed by atoms with Crippen LogP contribution < -0.4 is 4.74 Å². The summed E-state index contributed by atoms with van der Waals surface area (Å²) in [5.41, 5.74) is 1.20. The van der Waals surface area contributed by atoms with Crippen LogP contribution in [0.25, 0.3) is 0 Å². The Morgan fingerprint density at radius 1 is 1.24 bits per heavy atom. The van der Waals surface area contributed by atoms with Crippen molar-refractivity contribution in [3.05, 3.63) is 63.4 Å². The van der Waals surface area contributed by atoms with Gasteiger partial charge in [-0.25, -0.2) is 4.39 Å². The van der Waals surface area contributed by atoms with E-state index in [0.717, 1.165) is 5.56 Å². The average Bonchev–Trinajstić information content (AvgIpc) is 2.93. The third kappa shape index (κ3) is 5.41. The molecular formula is C20H18Cl2FNO3S2. The fourth-order valence-corrected chi connectivity index (χ4v) is 5.09. The fraction of sp³-hybridized carbons (Fsp3) is 0.300. The third-order valence-electron chi connectivity index (χ3n) is 4.33. The maximum Gasteiger partial charge on any atom is 0.242 e. The Kier molecular flexibility index (Phi) is 7.76. The number of hydrogen-bond donors (Lipinski definition) is 0. The molecule has 0 spiro atoms. The molecule has 0 aromatic heterocycles. The lowest BCUT2D eigenvalue weighted by molar-refractivity contribution is -0.126. The maximum absolute atomic E-state index is 13.8. The standard InChI is InChI=1S/C20H18Cl2FNO3S2/c1-26-7-6-24-19(25)17(29-20(24)28)10-12-8-14(21)18(15(22)9-12)27-11-13-4-2-3-5-16(13)23/h2-5,8-9,17H,6-7,10-11H2,1H3/t17-/m1/s1. The van der Waals surface area contributed by atoms with Crippen molar-refractivity contribution < 1.29 is 18.7 Å². The molecule has 0 aliphatic carbocycles. The van der Waals surface area contributed by atoms with Crippen LogP contribution in [0.4, 0.5) is 4.39 Å². The van der Waals surface area contributed by atoms with E-state index in [1.165, 1.54) is 17.8 Å². The molecule has 0 N–H and O–H groups in total. The minimum Gasteiger partial charge on any atom is -0.486 e. The number of nitrogens with zero attached hydrogens (tertiary/aromatic N) is 1. The summed E-state index contributed by atoms with van der Waals surface area (Å²) in [5, 5.41) is 0.271. The number of thioether (sulfide) groups is 1. The molecule has 0 bridgehead atoms. The van der Waals surface area contributed by atoms with Crippen LogP contribution in [0, 0.1) is 5.82 Å². The van der Waals surface area contributed by atoms with Gasteiger partial charge in [-0.3, -0.25) is 9.69 Å². The number of thiocarbonyl (C=S) groups is 1. The Hall–Kier alpha value is -1.38. The number of hydrogen-bond acceptors (Lipinski definition) is 5. The van der Waals surface area contributed by atoms with E-state index in [9.17, 15) is 9.18 Å². The summed E-state index contributed by atoms with van der Waals surface area (Å²) in [5.74, 6) is -0.130. The van der Waals surface area contributed by atoms with Crippen molar-refractivity contribution in [1.82, 2.24) is 4.90 Å². The van der Waals surface area contributed by atoms with Crippen molar-refractivity contribution in [2.75, 3.05) is 20.3 Å². The molecule has 1 atom stereocenters. The number of amides is 1. The molecule has 29 heavy (non-hydrogen) atoms. The molecule has 2 aromatic rings. The molecule has 0 radical (unpaired) electrons. The van der Waals surface area contributed by atoms with Gasteiger partial charge >= 0.3 is 0 Å². The predicted molar refractivity (Wildman–Crippen MR) is 118 cm³/mol. The topological polar surface area (TPSA) is 38.8 Å². The minimum absolute atomic E-state index is 0.00511. The highest BCUT2D eigenvalue weighted by Crippen LogP contribution is 2.37. The second-order valence-electron chi connectivity index (χ2n) is 6.33. The van der Waals surface area contributed by atoms with Gasteiger partial charge in [0.25, 0.3) is 0 Å². The summed E-state index contributed by atoms with van der Waals surface area (Å²) < 4.78 is 25.0. The van der Waals surface area contributed by atoms with Crippen LogP contribution in [0.5, 0.6) is 5.75 Å². The summed E-state index contributed by atoms with van der Waals surface area (Å²) in [6.45, 7) is 0.859. The molecule has 4 nitrogen and oxygen atoms in total. The summed E-state index contributed by atoms with van der Waals surface area (Å²) >= 11 is 19.3. The van der Waals surface area contributed by atoms with Crippen molar-refractivity contribution in [2.45, 2.75) is 18.3 Å². The van der Waals surface area contributed by atoms with Gasteiger partial charge in [0.05, 0.1) is 28.4 Å². The van der Waals surface area contributed by atoms with Gasteiger partial charge in [-0.1, -0.05) is 65.4 Å². The Labute approximate surface area is 188 Å². The van der Waals surface area contributed by atoms with Gasteiger partial charge in [0, 0.05) is 12.7 Å². The van der Waals surface area contributed by atoms with E-state index in [1.54, 1.807) is 42.3 Å². The number of carbonyl (C=O) groups is 1. The Morgan fingerprint density at radius 3 is 2.59 bits per heavy atom. The van der Waals surface area contributed by atoms with Crippen LogP contribution in [0.15, 0.2) is 36.4 Å². The van der Waals surface area contributed by atoms with Gasteiger partial charge < -0.3 is 9.47 Å². The first-order chi connectivity index (χ1) is 13.9. The van der Waals surface area contributed by atoms with Crippen molar-refractivity contribution in [3.63, 3.8) is 0 Å². The lowest BCUT2D eigenvalue weighted by Crippen LogP contribution is -2.34. The van der Waals surface area contributed by atoms with Crippen molar-refractivity contribution in [2.24, 2.45) is 0 Å². The molecule has 1 heterocycles. The zero-order chi connectivity index (χ0) is 21.0. The number of benzene rings is 2. The van der Waals surface area contributed by atoms with E-state index in [4.69, 9.17) is 44.9 Å². The Balaban J connectivity index is 1.69. The van der Waals surface area contributed by atoms with Crippen molar-refractivity contribution in [1.29, 1.82) is 0 Å². The fourth-order valence-electron chi connectivity index (χ4n) is 2.86. The van der Waals surface area contributed by atoms with Crippen LogP contribution in [-0.2, 0) is 22.6 Å². The van der Waals surface area contributed by atoms with E-state index < -0.39 is 0 Å². The van der Waals surface area contributed by atoms with Crippen molar-refractivity contribution >= 4 is 57.4 Å². The van der Waals surface area contributed by atoms with E-state index in [0.29, 0.717) is 39.5 Å². The van der Waals surface area contributed by atoms with Crippen LogP contribution in [0.2, 0.25) is 10.0 Å². The smallest absolute Gasteiger partial charge is 0.242 e. The number of methoxy groups -OCH3 is 1. The zero-order valence-electron chi connectivity index (χ0n) is 15.5. The van der Waals surface area contributed by atoms with Gasteiger partial charge in [0.2, 0.25) is 5.91 Å². The van der Waals surface area contributed by atoms with Crippen LogP contribution >= 0.6 is 47.2 Å². The Bertz CT molecular complexity index is 905. The molecular weight excluding hydrogens is 456 g/mol. The van der Waals surface area contributed by atoms with Gasteiger partial charge in [-0.05, 0) is 30.2 Å². The van der Waals surface area contributed by atoms with Crippen molar-refractivity contribution in [3.8, 4) is 5.75 Å². The predicted octanol–water partition coefficient (Wildman–Crippen LogP) is 5.13. The SMILES string of the molecule is COCCN1C(=O)[C@@H](Cc2cc(Cl)c(OCc3ccccc3F)c(Cl)c2)SC1=S. The molecule has 0 unspecified atom stereocenters. The molecule has 1 aliphatic rings. The molecule has 1 amide bonds. The second-order valence-corrected chi connectivity index (χ2v) is 8.98. The lowest BCUT2D eigenvalue weighted by atomic mass is 10.1. The molecule has 0 saturated carbocycles. The summed E-state index contributed by atoms with van der Waals surface area (Å²) in [7, 11) is 1.58. The lowest BCUT2D eigenvalue weighted by Gasteiger charge is -2.15. The third-order valence-corrected chi connectivity index (χ3v) is 6.48. The number of carbonyl (C=O) groups excluding carboxylic acids is 1. The first-order valence-corrected chi connectivity index (χ1v) is 10.8. The molecule has 1 aliphatic heterocycles. The number of ether oxygens (including phenoxy) is 2. The first kappa shape index (κ1) is 22.3. The van der Waals surface area contributed by atoms with Crippen LogP contribution in [-0.4, -0.2) is 40.6 Å². The largest absolute Gasteiger partial charge is 0.486 e. The maximum atomic E-state index is 13.8. The normalized spacial score (nSPS) is 16.6. The molecule has 1 saturated heterocycles. The summed E-state index contributed by atoms with van der Waals surface area (Å²) in [6, 6.07) is 9.74.